The van der Waals surface area contributed by atoms with Gasteiger partial charge in [0.15, 0.2) is 5.41 Å². The average Bonchev–Trinajstić information content (AvgIpc) is 2.89. The Bertz CT molecular complexity index is 981. The molecule has 3 aliphatic heterocycles. The van der Waals surface area contributed by atoms with E-state index in [0.717, 1.165) is 34.7 Å². The van der Waals surface area contributed by atoms with Gasteiger partial charge in [-0.25, -0.2) is 9.18 Å². The van der Waals surface area contributed by atoms with Gasteiger partial charge in [-0.1, -0.05) is 20.8 Å². The fourth-order valence-electron chi connectivity index (χ4n) is 7.42. The number of carbonyl (C=O) groups excluding carboxylic acids is 3. The van der Waals surface area contributed by atoms with Crippen LogP contribution in [0.2, 0.25) is 0 Å². The van der Waals surface area contributed by atoms with Crippen LogP contribution in [0.15, 0.2) is 18.2 Å². The Morgan fingerprint density at radius 3 is 2.27 bits per heavy atom. The zero-order valence-corrected chi connectivity index (χ0v) is 18.2. The normalized spacial score (nSPS) is 33.8. The van der Waals surface area contributed by atoms with Crippen LogP contribution in [0.4, 0.5) is 14.9 Å². The van der Waals surface area contributed by atoms with Crippen molar-refractivity contribution in [2.24, 2.45) is 16.2 Å². The highest BCUT2D eigenvalue weighted by molar-refractivity contribution is 6.20. The van der Waals surface area contributed by atoms with Crippen molar-refractivity contribution < 1.29 is 18.8 Å². The van der Waals surface area contributed by atoms with Gasteiger partial charge < -0.3 is 4.90 Å². The second-order valence-electron chi connectivity index (χ2n) is 10.8. The number of anilines is 1. The molecule has 1 saturated carbocycles. The maximum absolute atomic E-state index is 14.2. The second-order valence-corrected chi connectivity index (χ2v) is 10.8. The van der Waals surface area contributed by atoms with E-state index in [1.165, 1.54) is 26.2 Å². The lowest BCUT2D eigenvalue weighted by molar-refractivity contribution is -0.161. The molecule has 1 aromatic carbocycles. The van der Waals surface area contributed by atoms with Crippen molar-refractivity contribution in [3.63, 3.8) is 0 Å². The minimum Gasteiger partial charge on any atom is -0.363 e. The standard InChI is InChI=1S/C23H28FN3O3/c1-21(2)10-15-11-22(3,12-21)17-23(18(28)25(4)20(30)26(5)19(23)29)9-13-8-14(24)6-7-16(13)27(15)17/h6-8,15,17H,9-12H2,1-5H3/t15-,17+,22-/m1/s1. The lowest BCUT2D eigenvalue weighted by Gasteiger charge is -2.54. The van der Waals surface area contributed by atoms with E-state index in [2.05, 4.69) is 25.7 Å². The first-order valence-electron chi connectivity index (χ1n) is 10.6. The van der Waals surface area contributed by atoms with Gasteiger partial charge in [-0.05, 0) is 60.3 Å². The first kappa shape index (κ1) is 19.5. The van der Waals surface area contributed by atoms with Crippen LogP contribution in [0.3, 0.4) is 0 Å². The molecule has 5 rings (SSSR count). The molecule has 1 spiro atoms. The molecule has 3 heterocycles. The molecule has 0 unspecified atom stereocenters. The predicted molar refractivity (Wildman–Crippen MR) is 109 cm³/mol. The summed E-state index contributed by atoms with van der Waals surface area (Å²) < 4.78 is 14.2. The molecular weight excluding hydrogens is 385 g/mol. The topological polar surface area (TPSA) is 60.9 Å². The van der Waals surface area contributed by atoms with Gasteiger partial charge in [0, 0.05) is 25.8 Å². The van der Waals surface area contributed by atoms with E-state index >= 15 is 0 Å². The number of barbiturate groups is 1. The molecule has 2 saturated heterocycles. The van der Waals surface area contributed by atoms with E-state index in [-0.39, 0.29) is 35.2 Å². The van der Waals surface area contributed by atoms with Crippen molar-refractivity contribution in [2.45, 2.75) is 58.5 Å². The summed E-state index contributed by atoms with van der Waals surface area (Å²) in [7, 11) is 2.88. The number of nitrogens with zero attached hydrogens (tertiary/aromatic N) is 3. The van der Waals surface area contributed by atoms with E-state index in [0.29, 0.717) is 5.56 Å². The maximum Gasteiger partial charge on any atom is 0.332 e. The Morgan fingerprint density at radius 1 is 1.00 bits per heavy atom. The molecule has 3 fully saturated rings. The highest BCUT2D eigenvalue weighted by Gasteiger charge is 2.71. The number of urea groups is 1. The van der Waals surface area contributed by atoms with Crippen LogP contribution in [-0.2, 0) is 16.0 Å². The highest BCUT2D eigenvalue weighted by atomic mass is 19.1. The number of amides is 4. The van der Waals surface area contributed by atoms with Gasteiger partial charge >= 0.3 is 6.03 Å². The first-order chi connectivity index (χ1) is 13.9. The summed E-state index contributed by atoms with van der Waals surface area (Å²) in [5.41, 5.74) is -0.0574. The largest absolute Gasteiger partial charge is 0.363 e. The monoisotopic (exact) mass is 413 g/mol. The van der Waals surface area contributed by atoms with Gasteiger partial charge in [0.2, 0.25) is 11.8 Å². The summed E-state index contributed by atoms with van der Waals surface area (Å²) in [6.07, 6.45) is 2.82. The van der Waals surface area contributed by atoms with Crippen molar-refractivity contribution in [3.8, 4) is 0 Å². The Labute approximate surface area is 176 Å². The molecule has 4 amide bonds. The first-order valence-corrected chi connectivity index (χ1v) is 10.6. The summed E-state index contributed by atoms with van der Waals surface area (Å²) in [5, 5.41) is 0. The molecule has 30 heavy (non-hydrogen) atoms. The highest BCUT2D eigenvalue weighted by Crippen LogP contribution is 2.64. The zero-order chi connectivity index (χ0) is 21.8. The number of rotatable bonds is 0. The van der Waals surface area contributed by atoms with E-state index in [9.17, 15) is 18.8 Å². The number of imide groups is 2. The lowest BCUT2D eigenvalue weighted by atomic mass is 9.56. The average molecular weight is 413 g/mol. The number of benzene rings is 1. The Kier molecular flexibility index (Phi) is 3.66. The van der Waals surface area contributed by atoms with E-state index in [1.54, 1.807) is 6.07 Å². The van der Waals surface area contributed by atoms with Crippen LogP contribution in [-0.4, -0.2) is 53.8 Å². The fraction of sp³-hybridized carbons (Fsp3) is 0.609. The number of hydrogen-bond donors (Lipinski definition) is 0. The summed E-state index contributed by atoms with van der Waals surface area (Å²) in [5.74, 6) is -1.32. The smallest absolute Gasteiger partial charge is 0.332 e. The SMILES string of the molecule is CN1C(=O)N(C)C(=O)C2(Cc3cc(F)ccc3N3[C@@H]4CC(C)(C)C[C@@](C)(C4)[C@H]32)C1=O. The number of carbonyl (C=O) groups is 3. The molecular formula is C23H28FN3O3. The van der Waals surface area contributed by atoms with Gasteiger partial charge in [-0.15, -0.1) is 0 Å². The molecule has 0 radical (unpaired) electrons. The lowest BCUT2D eigenvalue weighted by Crippen LogP contribution is -2.72. The van der Waals surface area contributed by atoms with Crippen molar-refractivity contribution in [2.75, 3.05) is 19.0 Å². The van der Waals surface area contributed by atoms with Crippen LogP contribution >= 0.6 is 0 Å². The predicted octanol–water partition coefficient (Wildman–Crippen LogP) is 3.19. The molecule has 1 aliphatic carbocycles. The van der Waals surface area contributed by atoms with Gasteiger partial charge in [-0.3, -0.25) is 19.4 Å². The van der Waals surface area contributed by atoms with E-state index in [4.69, 9.17) is 0 Å². The van der Waals surface area contributed by atoms with Crippen LogP contribution in [0, 0.1) is 22.1 Å². The summed E-state index contributed by atoms with van der Waals surface area (Å²) in [6, 6.07) is 3.87. The number of fused-ring (bicyclic) bond motifs is 8. The molecule has 0 N–H and O–H groups in total. The Balaban J connectivity index is 1.80. The Morgan fingerprint density at radius 2 is 1.63 bits per heavy atom. The van der Waals surface area contributed by atoms with Crippen molar-refractivity contribution in [1.29, 1.82) is 0 Å². The van der Waals surface area contributed by atoms with Crippen molar-refractivity contribution in [3.05, 3.63) is 29.6 Å². The third-order valence-electron chi connectivity index (χ3n) is 7.91. The quantitative estimate of drug-likeness (QED) is 0.613. The molecule has 3 atom stereocenters. The molecule has 1 aromatic rings. The molecule has 4 aliphatic rings. The van der Waals surface area contributed by atoms with Crippen molar-refractivity contribution in [1.82, 2.24) is 9.80 Å². The third-order valence-corrected chi connectivity index (χ3v) is 7.91. The molecule has 160 valence electrons. The van der Waals surface area contributed by atoms with Crippen LogP contribution in [0.1, 0.15) is 45.6 Å². The minimum absolute atomic E-state index is 0.0603. The van der Waals surface area contributed by atoms with Gasteiger partial charge in [0.1, 0.15) is 5.82 Å². The Hall–Kier alpha value is -2.44. The number of hydrogen-bond acceptors (Lipinski definition) is 4. The van der Waals surface area contributed by atoms with Crippen LogP contribution < -0.4 is 4.90 Å². The minimum atomic E-state index is -1.43. The van der Waals surface area contributed by atoms with Gasteiger partial charge in [-0.2, -0.15) is 0 Å². The third kappa shape index (κ3) is 2.21. The summed E-state index contributed by atoms with van der Waals surface area (Å²) >= 11 is 0. The zero-order valence-electron chi connectivity index (χ0n) is 18.2. The van der Waals surface area contributed by atoms with E-state index in [1.807, 2.05) is 0 Å². The number of halogens is 1. The van der Waals surface area contributed by atoms with Crippen LogP contribution in [0.5, 0.6) is 0 Å². The molecule has 6 nitrogen and oxygen atoms in total. The van der Waals surface area contributed by atoms with E-state index < -0.39 is 23.3 Å². The maximum atomic E-state index is 14.2. The summed E-state index contributed by atoms with van der Waals surface area (Å²) in [6.45, 7) is 6.65. The fourth-order valence-corrected chi connectivity index (χ4v) is 7.42. The molecule has 2 bridgehead atoms. The second kappa shape index (κ2) is 5.62. The van der Waals surface area contributed by atoms with Crippen molar-refractivity contribution >= 4 is 23.5 Å². The van der Waals surface area contributed by atoms with Crippen LogP contribution in [0.25, 0.3) is 0 Å². The van der Waals surface area contributed by atoms with Gasteiger partial charge in [0.05, 0.1) is 6.04 Å². The summed E-state index contributed by atoms with van der Waals surface area (Å²) in [4.78, 5) is 44.4. The van der Waals surface area contributed by atoms with Gasteiger partial charge in [0.25, 0.3) is 0 Å². The molecule has 0 aromatic heterocycles. The molecule has 7 heteroatoms.